The molecule has 0 radical (unpaired) electrons. The first kappa shape index (κ1) is 17.5. The van der Waals surface area contributed by atoms with Crippen molar-refractivity contribution in [2.24, 2.45) is 11.0 Å². The molecule has 0 fully saturated rings. The summed E-state index contributed by atoms with van der Waals surface area (Å²) in [7, 11) is 0. The number of aliphatic carboxylic acids is 1. The number of nitrogens with zero attached hydrogens (tertiary/aromatic N) is 3. The maximum atomic E-state index is 12.1. The summed E-state index contributed by atoms with van der Waals surface area (Å²) in [6.07, 6.45) is -0.329. The van der Waals surface area contributed by atoms with Gasteiger partial charge in [-0.25, -0.2) is 0 Å². The Morgan fingerprint density at radius 2 is 1.69 bits per heavy atom. The normalized spacial score (nSPS) is 13.2. The average Bonchev–Trinajstić information content (AvgIpc) is 2.97. The predicted octanol–water partition coefficient (Wildman–Crippen LogP) is 3.74. The van der Waals surface area contributed by atoms with Gasteiger partial charge in [-0.2, -0.15) is 0 Å². The predicted molar refractivity (Wildman–Crippen MR) is 94.4 cm³/mol. The van der Waals surface area contributed by atoms with E-state index in [1.807, 2.05) is 48.5 Å². The Bertz CT molecular complexity index is 844. The molecule has 1 N–H and O–H groups in total. The number of carbonyl (C=O) groups excluding carboxylic acids is 1. The van der Waals surface area contributed by atoms with Crippen molar-refractivity contribution in [2.75, 3.05) is 13.2 Å². The summed E-state index contributed by atoms with van der Waals surface area (Å²) in [6, 6.07) is 15.9. The fraction of sp³-hybridized carbons (Fsp3) is 0.263. The van der Waals surface area contributed by atoms with Crippen LogP contribution >= 0.6 is 0 Å². The van der Waals surface area contributed by atoms with Crippen molar-refractivity contribution < 1.29 is 19.4 Å². The van der Waals surface area contributed by atoms with E-state index in [9.17, 15) is 9.59 Å². The summed E-state index contributed by atoms with van der Waals surface area (Å²) in [5.41, 5.74) is 12.7. The Hall–Kier alpha value is -3.31. The zero-order valence-electron chi connectivity index (χ0n) is 13.9. The lowest BCUT2D eigenvalue weighted by molar-refractivity contribution is -0.151. The number of ether oxygens (including phenoxy) is 1. The number of carboxylic acid groups (broad SMARTS) is 1. The average molecular weight is 351 g/mol. The highest BCUT2D eigenvalue weighted by Crippen LogP contribution is 2.44. The van der Waals surface area contributed by atoms with Crippen LogP contribution < -0.4 is 0 Å². The lowest BCUT2D eigenvalue weighted by atomic mass is 9.98. The van der Waals surface area contributed by atoms with Gasteiger partial charge in [-0.15, -0.1) is 0 Å². The second kappa shape index (κ2) is 7.72. The van der Waals surface area contributed by atoms with Crippen LogP contribution in [0.3, 0.4) is 0 Å². The number of carbonyl (C=O) groups is 2. The Labute approximate surface area is 149 Å². The topological polar surface area (TPSA) is 112 Å². The van der Waals surface area contributed by atoms with Gasteiger partial charge in [0, 0.05) is 17.4 Å². The molecule has 1 atom stereocenters. The van der Waals surface area contributed by atoms with Crippen LogP contribution in [0.2, 0.25) is 0 Å². The van der Waals surface area contributed by atoms with E-state index in [2.05, 4.69) is 10.0 Å². The third-order valence-corrected chi connectivity index (χ3v) is 4.50. The van der Waals surface area contributed by atoms with Gasteiger partial charge in [0.2, 0.25) is 0 Å². The third-order valence-electron chi connectivity index (χ3n) is 4.50. The smallest absolute Gasteiger partial charge is 0.307 e. The number of esters is 1. The van der Waals surface area contributed by atoms with Gasteiger partial charge in [0.25, 0.3) is 0 Å². The SMILES string of the molecule is [N-]=[N+]=NCC(CC(=O)OCC1c2ccccc2-c2ccccc21)C(=O)O. The highest BCUT2D eigenvalue weighted by molar-refractivity contribution is 5.80. The fourth-order valence-electron chi connectivity index (χ4n) is 3.24. The second-order valence-corrected chi connectivity index (χ2v) is 6.06. The number of hydrogen-bond donors (Lipinski definition) is 1. The monoisotopic (exact) mass is 351 g/mol. The van der Waals surface area contributed by atoms with Gasteiger partial charge >= 0.3 is 11.9 Å². The minimum absolute atomic E-state index is 0.0771. The fourth-order valence-corrected chi connectivity index (χ4v) is 3.24. The van der Waals surface area contributed by atoms with E-state index >= 15 is 0 Å². The number of carboxylic acids is 1. The van der Waals surface area contributed by atoms with Gasteiger partial charge in [-0.3, -0.25) is 9.59 Å². The van der Waals surface area contributed by atoms with Gasteiger partial charge in [0.15, 0.2) is 0 Å². The van der Waals surface area contributed by atoms with Crippen LogP contribution in [-0.4, -0.2) is 30.2 Å². The number of hydrogen-bond acceptors (Lipinski definition) is 4. The second-order valence-electron chi connectivity index (χ2n) is 6.06. The lowest BCUT2D eigenvalue weighted by Crippen LogP contribution is -2.23. The first-order chi connectivity index (χ1) is 12.6. The highest BCUT2D eigenvalue weighted by Gasteiger charge is 2.29. The van der Waals surface area contributed by atoms with Crippen LogP contribution in [0, 0.1) is 5.92 Å². The first-order valence-corrected chi connectivity index (χ1v) is 8.19. The lowest BCUT2D eigenvalue weighted by Gasteiger charge is -2.15. The first-order valence-electron chi connectivity index (χ1n) is 8.19. The van der Waals surface area contributed by atoms with Crippen molar-refractivity contribution in [3.63, 3.8) is 0 Å². The van der Waals surface area contributed by atoms with Crippen LogP contribution in [0.1, 0.15) is 23.5 Å². The summed E-state index contributed by atoms with van der Waals surface area (Å²) < 4.78 is 5.36. The van der Waals surface area contributed by atoms with E-state index in [0.29, 0.717) is 0 Å². The van der Waals surface area contributed by atoms with Gasteiger partial charge in [0.1, 0.15) is 6.61 Å². The molecule has 7 heteroatoms. The standard InChI is InChI=1S/C19H17N3O4/c20-22-21-10-12(19(24)25)9-18(23)26-11-17-15-7-3-1-5-13(15)14-6-2-4-8-16(14)17/h1-8,12,17H,9-11H2,(H,24,25). The quantitative estimate of drug-likeness (QED) is 0.354. The van der Waals surface area contributed by atoms with Gasteiger partial charge in [0.05, 0.1) is 12.3 Å². The Morgan fingerprint density at radius 1 is 1.12 bits per heavy atom. The van der Waals surface area contributed by atoms with E-state index in [4.69, 9.17) is 15.4 Å². The minimum atomic E-state index is -1.19. The minimum Gasteiger partial charge on any atom is -0.481 e. The van der Waals surface area contributed by atoms with Gasteiger partial charge in [-0.05, 0) is 27.8 Å². The van der Waals surface area contributed by atoms with Crippen molar-refractivity contribution in [3.8, 4) is 11.1 Å². The Morgan fingerprint density at radius 3 is 2.23 bits per heavy atom. The molecule has 132 valence electrons. The maximum Gasteiger partial charge on any atom is 0.307 e. The molecule has 0 amide bonds. The Balaban J connectivity index is 1.70. The molecular weight excluding hydrogens is 334 g/mol. The van der Waals surface area contributed by atoms with Gasteiger partial charge < -0.3 is 9.84 Å². The van der Waals surface area contributed by atoms with E-state index in [-0.39, 0.29) is 25.5 Å². The van der Waals surface area contributed by atoms with Crippen LogP contribution in [0.5, 0.6) is 0 Å². The van der Waals surface area contributed by atoms with Crippen LogP contribution in [-0.2, 0) is 14.3 Å². The molecule has 3 rings (SSSR count). The molecule has 26 heavy (non-hydrogen) atoms. The number of rotatable bonds is 7. The summed E-state index contributed by atoms with van der Waals surface area (Å²) in [5, 5.41) is 12.3. The van der Waals surface area contributed by atoms with Crippen LogP contribution in [0.4, 0.5) is 0 Å². The summed E-state index contributed by atoms with van der Waals surface area (Å²) in [5.74, 6) is -2.97. The summed E-state index contributed by atoms with van der Waals surface area (Å²) >= 11 is 0. The molecule has 2 aromatic carbocycles. The molecule has 0 aliphatic heterocycles. The molecule has 0 saturated carbocycles. The molecule has 0 aromatic heterocycles. The molecule has 1 aliphatic rings. The molecule has 7 nitrogen and oxygen atoms in total. The zero-order chi connectivity index (χ0) is 18.5. The molecule has 2 aromatic rings. The van der Waals surface area contributed by atoms with Crippen molar-refractivity contribution in [2.45, 2.75) is 12.3 Å². The van der Waals surface area contributed by atoms with Gasteiger partial charge in [-0.1, -0.05) is 53.6 Å². The molecule has 1 unspecified atom stereocenters. The van der Waals surface area contributed by atoms with E-state index in [0.717, 1.165) is 22.3 Å². The maximum absolute atomic E-state index is 12.1. The number of azide groups is 1. The Kier molecular flexibility index (Phi) is 5.20. The molecule has 0 bridgehead atoms. The van der Waals surface area contributed by atoms with Crippen molar-refractivity contribution in [1.29, 1.82) is 0 Å². The number of fused-ring (bicyclic) bond motifs is 3. The number of benzene rings is 2. The molecule has 0 saturated heterocycles. The molecule has 0 heterocycles. The van der Waals surface area contributed by atoms with E-state index < -0.39 is 17.9 Å². The molecule has 0 spiro atoms. The third kappa shape index (κ3) is 3.53. The zero-order valence-corrected chi connectivity index (χ0v) is 13.9. The van der Waals surface area contributed by atoms with E-state index in [1.165, 1.54) is 0 Å². The summed E-state index contributed by atoms with van der Waals surface area (Å²) in [6.45, 7) is -0.142. The van der Waals surface area contributed by atoms with E-state index in [1.54, 1.807) is 0 Å². The highest BCUT2D eigenvalue weighted by atomic mass is 16.5. The van der Waals surface area contributed by atoms with Crippen molar-refractivity contribution in [1.82, 2.24) is 0 Å². The van der Waals surface area contributed by atoms with Crippen LogP contribution in [0.25, 0.3) is 21.6 Å². The molecular formula is C19H17N3O4. The molecule has 1 aliphatic carbocycles. The largest absolute Gasteiger partial charge is 0.481 e. The van der Waals surface area contributed by atoms with Crippen molar-refractivity contribution in [3.05, 3.63) is 70.1 Å². The van der Waals surface area contributed by atoms with Crippen molar-refractivity contribution >= 4 is 11.9 Å². The summed E-state index contributed by atoms with van der Waals surface area (Å²) in [4.78, 5) is 25.8. The van der Waals surface area contributed by atoms with Crippen LogP contribution in [0.15, 0.2) is 53.6 Å².